The van der Waals surface area contributed by atoms with E-state index in [2.05, 4.69) is 4.98 Å². The predicted octanol–water partition coefficient (Wildman–Crippen LogP) is 3.30. The number of aromatic nitrogens is 1. The number of hydrogen-bond donors (Lipinski definition) is 1. The zero-order chi connectivity index (χ0) is 13.4. The fraction of sp³-hybridized carbons (Fsp3) is 0.125. The average Bonchev–Trinajstić information content (AvgIpc) is 2.39. The lowest BCUT2D eigenvalue weighted by atomic mass is 9.87. The predicted molar refractivity (Wildman–Crippen MR) is 73.6 cm³/mol. The van der Waals surface area contributed by atoms with Crippen LogP contribution < -0.4 is 0 Å². The molecule has 0 fully saturated rings. The minimum atomic E-state index is 0.00463. The molecule has 3 nitrogen and oxygen atoms in total. The number of nitrogens with zero attached hydrogens (tertiary/aromatic N) is 1. The topological polar surface area (TPSA) is 50.2 Å². The fourth-order valence-corrected chi connectivity index (χ4v) is 2.27. The van der Waals surface area contributed by atoms with Gasteiger partial charge >= 0.3 is 0 Å². The Labute approximate surface area is 111 Å². The smallest absolute Gasteiger partial charge is 0.174 e. The van der Waals surface area contributed by atoms with Crippen LogP contribution in [-0.4, -0.2) is 15.9 Å². The van der Waals surface area contributed by atoms with Crippen molar-refractivity contribution in [3.8, 4) is 11.1 Å². The lowest BCUT2D eigenvalue weighted by molar-refractivity contribution is -0.115. The van der Waals surface area contributed by atoms with Crippen molar-refractivity contribution in [1.82, 2.24) is 4.98 Å². The molecule has 0 atom stereocenters. The van der Waals surface area contributed by atoms with Crippen LogP contribution in [0.15, 0.2) is 48.4 Å². The first-order valence-electron chi connectivity index (χ1n) is 6.14. The molecule has 0 amide bonds. The number of ketones is 1. The molecule has 1 heterocycles. The van der Waals surface area contributed by atoms with Gasteiger partial charge in [-0.25, -0.2) is 0 Å². The largest absolute Gasteiger partial charge is 0.511 e. The number of carbonyl (C=O) groups excluding carboxylic acids is 1. The van der Waals surface area contributed by atoms with E-state index in [-0.39, 0.29) is 18.0 Å². The highest BCUT2D eigenvalue weighted by Gasteiger charge is 2.27. The van der Waals surface area contributed by atoms with Crippen molar-refractivity contribution in [2.75, 3.05) is 0 Å². The van der Waals surface area contributed by atoms with E-state index < -0.39 is 0 Å². The zero-order valence-electron chi connectivity index (χ0n) is 10.6. The lowest BCUT2D eigenvalue weighted by Crippen LogP contribution is -2.16. The van der Waals surface area contributed by atoms with Crippen molar-refractivity contribution < 1.29 is 9.90 Å². The summed E-state index contributed by atoms with van der Waals surface area (Å²) in [7, 11) is 0. The van der Waals surface area contributed by atoms with Crippen molar-refractivity contribution in [2.45, 2.75) is 13.3 Å². The van der Waals surface area contributed by atoms with Crippen LogP contribution in [0.5, 0.6) is 0 Å². The Morgan fingerprint density at radius 2 is 1.74 bits per heavy atom. The van der Waals surface area contributed by atoms with E-state index in [1.165, 1.54) is 0 Å². The summed E-state index contributed by atoms with van der Waals surface area (Å²) in [5, 5.41) is 9.50. The number of hydrogen-bond acceptors (Lipinski definition) is 3. The molecule has 0 bridgehead atoms. The van der Waals surface area contributed by atoms with Crippen molar-refractivity contribution in [2.24, 2.45) is 0 Å². The fourth-order valence-electron chi connectivity index (χ4n) is 2.27. The third kappa shape index (κ3) is 2.03. The molecule has 94 valence electrons. The normalized spacial score (nSPS) is 14.5. The number of aliphatic hydroxyl groups is 1. The first-order valence-corrected chi connectivity index (χ1v) is 6.14. The van der Waals surface area contributed by atoms with Crippen LogP contribution in [0.1, 0.15) is 17.7 Å². The SMILES string of the molecule is Cc1cc(-c2ccc(C3=C(O)CC3=O)cc2)ccn1. The van der Waals surface area contributed by atoms with Crippen LogP contribution in [0, 0.1) is 6.92 Å². The molecule has 2 aromatic rings. The number of aliphatic hydroxyl groups excluding tert-OH is 1. The van der Waals surface area contributed by atoms with Gasteiger partial charge in [0.15, 0.2) is 5.78 Å². The van der Waals surface area contributed by atoms with Gasteiger partial charge < -0.3 is 5.11 Å². The van der Waals surface area contributed by atoms with Crippen molar-refractivity contribution >= 4 is 11.4 Å². The van der Waals surface area contributed by atoms with Gasteiger partial charge in [-0.3, -0.25) is 9.78 Å². The average molecular weight is 251 g/mol. The number of pyridine rings is 1. The van der Waals surface area contributed by atoms with Crippen LogP contribution in [0.4, 0.5) is 0 Å². The summed E-state index contributed by atoms with van der Waals surface area (Å²) in [5.41, 5.74) is 4.37. The van der Waals surface area contributed by atoms with Crippen LogP contribution >= 0.6 is 0 Å². The molecule has 1 aliphatic carbocycles. The Hall–Kier alpha value is -2.42. The Morgan fingerprint density at radius 3 is 2.32 bits per heavy atom. The van der Waals surface area contributed by atoms with E-state index >= 15 is 0 Å². The Morgan fingerprint density at radius 1 is 1.05 bits per heavy atom. The number of aryl methyl sites for hydroxylation is 1. The molecule has 0 saturated carbocycles. The molecule has 3 heteroatoms. The van der Waals surface area contributed by atoms with E-state index in [0.29, 0.717) is 5.57 Å². The van der Waals surface area contributed by atoms with E-state index in [1.54, 1.807) is 6.20 Å². The highest BCUT2D eigenvalue weighted by atomic mass is 16.3. The minimum absolute atomic E-state index is 0.00463. The second-order valence-electron chi connectivity index (χ2n) is 4.68. The lowest BCUT2D eigenvalue weighted by Gasteiger charge is -2.17. The maximum absolute atomic E-state index is 11.4. The van der Waals surface area contributed by atoms with Gasteiger partial charge in [0.2, 0.25) is 0 Å². The van der Waals surface area contributed by atoms with Crippen LogP contribution in [-0.2, 0) is 4.79 Å². The molecule has 0 saturated heterocycles. The van der Waals surface area contributed by atoms with Crippen molar-refractivity contribution in [1.29, 1.82) is 0 Å². The van der Waals surface area contributed by atoms with Crippen LogP contribution in [0.25, 0.3) is 16.7 Å². The molecule has 0 spiro atoms. The highest BCUT2D eigenvalue weighted by Crippen LogP contribution is 2.32. The standard InChI is InChI=1S/C16H13NO2/c1-10-8-13(6-7-17-10)11-2-4-12(5-3-11)16-14(18)9-15(16)19/h2-8,18H,9H2,1H3. The van der Waals surface area contributed by atoms with Gasteiger partial charge in [0.25, 0.3) is 0 Å². The van der Waals surface area contributed by atoms with E-state index in [1.807, 2.05) is 43.3 Å². The number of Topliss-reactive ketones (excluding diaryl/α,β-unsaturated/α-hetero) is 1. The summed E-state index contributed by atoms with van der Waals surface area (Å²) in [5.74, 6) is 0.197. The van der Waals surface area contributed by atoms with Gasteiger partial charge in [0.05, 0.1) is 12.0 Å². The summed E-state index contributed by atoms with van der Waals surface area (Å²) < 4.78 is 0. The van der Waals surface area contributed by atoms with Gasteiger partial charge in [-0.15, -0.1) is 0 Å². The summed E-state index contributed by atoms with van der Waals surface area (Å²) in [6.45, 7) is 1.95. The molecule has 1 aliphatic rings. The number of rotatable bonds is 2. The summed E-state index contributed by atoms with van der Waals surface area (Å²) in [6.07, 6.45) is 1.95. The maximum atomic E-state index is 11.4. The molecule has 1 N–H and O–H groups in total. The maximum Gasteiger partial charge on any atom is 0.174 e. The number of benzene rings is 1. The van der Waals surface area contributed by atoms with Crippen molar-refractivity contribution in [3.63, 3.8) is 0 Å². The van der Waals surface area contributed by atoms with Crippen LogP contribution in [0.3, 0.4) is 0 Å². The van der Waals surface area contributed by atoms with Crippen LogP contribution in [0.2, 0.25) is 0 Å². The summed E-state index contributed by atoms with van der Waals surface area (Å²) in [6, 6.07) is 11.6. The van der Waals surface area contributed by atoms with Crippen molar-refractivity contribution in [3.05, 3.63) is 59.6 Å². The second kappa shape index (κ2) is 4.35. The highest BCUT2D eigenvalue weighted by molar-refractivity contribution is 6.28. The van der Waals surface area contributed by atoms with E-state index in [0.717, 1.165) is 22.4 Å². The van der Waals surface area contributed by atoms with Gasteiger partial charge in [0, 0.05) is 11.9 Å². The molecule has 19 heavy (non-hydrogen) atoms. The third-order valence-electron chi connectivity index (χ3n) is 3.30. The van der Waals surface area contributed by atoms with Gasteiger partial charge in [-0.1, -0.05) is 24.3 Å². The second-order valence-corrected chi connectivity index (χ2v) is 4.68. The molecule has 0 radical (unpaired) electrons. The van der Waals surface area contributed by atoms with E-state index in [9.17, 15) is 9.90 Å². The minimum Gasteiger partial charge on any atom is -0.511 e. The molecule has 1 aromatic heterocycles. The first kappa shape index (κ1) is 11.7. The summed E-state index contributed by atoms with van der Waals surface area (Å²) >= 11 is 0. The quantitative estimate of drug-likeness (QED) is 0.890. The molecular formula is C16H13NO2. The van der Waals surface area contributed by atoms with Gasteiger partial charge in [-0.2, -0.15) is 0 Å². The zero-order valence-corrected chi connectivity index (χ0v) is 10.6. The van der Waals surface area contributed by atoms with Gasteiger partial charge in [0.1, 0.15) is 5.76 Å². The Kier molecular flexibility index (Phi) is 2.67. The molecule has 0 aliphatic heterocycles. The van der Waals surface area contributed by atoms with Gasteiger partial charge in [-0.05, 0) is 35.7 Å². The molecule has 3 rings (SSSR count). The number of carbonyl (C=O) groups is 1. The molecule has 0 unspecified atom stereocenters. The molecule has 1 aromatic carbocycles. The first-order chi connectivity index (χ1) is 9.15. The Balaban J connectivity index is 1.96. The monoisotopic (exact) mass is 251 g/mol. The number of allylic oxidation sites excluding steroid dienone is 2. The molecular weight excluding hydrogens is 238 g/mol. The third-order valence-corrected chi connectivity index (χ3v) is 3.30. The summed E-state index contributed by atoms with van der Waals surface area (Å²) in [4.78, 5) is 15.6. The Bertz CT molecular complexity index is 684. The van der Waals surface area contributed by atoms with E-state index in [4.69, 9.17) is 0 Å².